The summed E-state index contributed by atoms with van der Waals surface area (Å²) in [5.74, 6) is 0.675. The van der Waals surface area contributed by atoms with Crippen molar-refractivity contribution in [2.75, 3.05) is 5.43 Å². The number of halogens is 2. The van der Waals surface area contributed by atoms with Crippen molar-refractivity contribution in [3.63, 3.8) is 0 Å². The van der Waals surface area contributed by atoms with Crippen LogP contribution in [-0.2, 0) is 0 Å². The van der Waals surface area contributed by atoms with Crippen molar-refractivity contribution >= 4 is 35.0 Å². The lowest BCUT2D eigenvalue weighted by Gasteiger charge is -2.28. The number of allylic oxidation sites excluding steroid dienone is 1. The molecule has 1 aliphatic heterocycles. The molecule has 0 unspecified atom stereocenters. The minimum atomic E-state index is 0.00994. The molecular formula is C14H14Cl2N4S. The van der Waals surface area contributed by atoms with E-state index in [-0.39, 0.29) is 5.41 Å². The molecule has 110 valence electrons. The molecule has 0 spiro atoms. The summed E-state index contributed by atoms with van der Waals surface area (Å²) in [6, 6.07) is 5.35. The summed E-state index contributed by atoms with van der Waals surface area (Å²) < 4.78 is 1.86. The molecule has 0 amide bonds. The Hall–Kier alpha value is -1.17. The van der Waals surface area contributed by atoms with Crippen LogP contribution in [0.25, 0.3) is 11.4 Å². The van der Waals surface area contributed by atoms with Gasteiger partial charge in [-0.25, -0.2) is 4.68 Å². The van der Waals surface area contributed by atoms with Gasteiger partial charge in [-0.2, -0.15) is 0 Å². The first-order valence-electron chi connectivity index (χ1n) is 6.41. The monoisotopic (exact) mass is 340 g/mol. The summed E-state index contributed by atoms with van der Waals surface area (Å²) >= 11 is 13.8. The van der Waals surface area contributed by atoms with E-state index in [2.05, 4.69) is 41.8 Å². The minimum absolute atomic E-state index is 0.00994. The van der Waals surface area contributed by atoms with Crippen LogP contribution in [0.1, 0.15) is 20.8 Å². The van der Waals surface area contributed by atoms with E-state index in [1.54, 1.807) is 23.9 Å². The van der Waals surface area contributed by atoms with Gasteiger partial charge in [0.15, 0.2) is 5.82 Å². The van der Waals surface area contributed by atoms with Crippen LogP contribution in [0.4, 0.5) is 0 Å². The summed E-state index contributed by atoms with van der Waals surface area (Å²) in [6.45, 7) is 6.45. The topological polar surface area (TPSA) is 42.7 Å². The predicted octanol–water partition coefficient (Wildman–Crippen LogP) is 4.79. The third-order valence-electron chi connectivity index (χ3n) is 3.13. The molecule has 0 fully saturated rings. The first kappa shape index (κ1) is 14.8. The highest BCUT2D eigenvalue weighted by Gasteiger charge is 2.25. The molecule has 0 saturated carbocycles. The summed E-state index contributed by atoms with van der Waals surface area (Å²) in [5.41, 5.74) is 5.27. The number of thioether (sulfide) groups is 1. The van der Waals surface area contributed by atoms with E-state index in [4.69, 9.17) is 23.2 Å². The third-order valence-corrected chi connectivity index (χ3v) is 4.50. The minimum Gasteiger partial charge on any atom is -0.293 e. The zero-order valence-electron chi connectivity index (χ0n) is 11.8. The lowest BCUT2D eigenvalue weighted by molar-refractivity contribution is 0.491. The highest BCUT2D eigenvalue weighted by atomic mass is 35.5. The van der Waals surface area contributed by atoms with Gasteiger partial charge < -0.3 is 0 Å². The number of hydrogen-bond donors (Lipinski definition) is 1. The second-order valence-corrected chi connectivity index (χ2v) is 7.46. The van der Waals surface area contributed by atoms with Gasteiger partial charge >= 0.3 is 0 Å². The number of aromatic nitrogens is 3. The van der Waals surface area contributed by atoms with Crippen molar-refractivity contribution in [1.82, 2.24) is 14.9 Å². The van der Waals surface area contributed by atoms with Gasteiger partial charge in [0.25, 0.3) is 0 Å². The lowest BCUT2D eigenvalue weighted by atomic mass is 9.93. The van der Waals surface area contributed by atoms with Crippen LogP contribution in [-0.4, -0.2) is 14.9 Å². The molecule has 1 aromatic carbocycles. The molecule has 0 radical (unpaired) electrons. The maximum atomic E-state index is 6.27. The van der Waals surface area contributed by atoms with Gasteiger partial charge in [-0.15, -0.1) is 10.2 Å². The number of hydrogen-bond acceptors (Lipinski definition) is 4. The average molecular weight is 341 g/mol. The smallest absolute Gasteiger partial charge is 0.214 e. The summed E-state index contributed by atoms with van der Waals surface area (Å²) in [5, 5.41) is 12.4. The molecule has 0 aliphatic carbocycles. The number of rotatable bonds is 1. The number of benzene rings is 1. The van der Waals surface area contributed by atoms with Gasteiger partial charge in [-0.3, -0.25) is 5.43 Å². The normalized spacial score (nSPS) is 14.4. The van der Waals surface area contributed by atoms with Gasteiger partial charge in [0.2, 0.25) is 5.16 Å². The molecule has 2 aromatic rings. The summed E-state index contributed by atoms with van der Waals surface area (Å²) in [7, 11) is 0. The number of fused-ring (bicyclic) bond motifs is 1. The predicted molar refractivity (Wildman–Crippen MR) is 88.2 cm³/mol. The van der Waals surface area contributed by atoms with E-state index in [1.807, 2.05) is 10.7 Å². The molecular weight excluding hydrogens is 327 g/mol. The lowest BCUT2D eigenvalue weighted by Crippen LogP contribution is -2.27. The molecule has 1 aliphatic rings. The average Bonchev–Trinajstić information content (AvgIpc) is 2.80. The number of nitrogens with one attached hydrogen (secondary N) is 1. The standard InChI is InChI=1S/C14H14Cl2N4S/c1-14(2,3)11-7-21-13-18-17-12(20(13)19-11)9-5-4-8(15)6-10(9)16/h4-7,19H,1-3H3. The Morgan fingerprint density at radius 3 is 2.62 bits per heavy atom. The van der Waals surface area contributed by atoms with Gasteiger partial charge in [-0.1, -0.05) is 55.7 Å². The maximum absolute atomic E-state index is 6.27. The summed E-state index contributed by atoms with van der Waals surface area (Å²) in [4.78, 5) is 0. The molecule has 1 N–H and O–H groups in total. The van der Waals surface area contributed by atoms with Crippen LogP contribution in [0, 0.1) is 5.41 Å². The Kier molecular flexibility index (Phi) is 3.67. The van der Waals surface area contributed by atoms with Crippen molar-refractivity contribution in [3.05, 3.63) is 39.3 Å². The fourth-order valence-corrected chi connectivity index (χ4v) is 3.34. The van der Waals surface area contributed by atoms with E-state index >= 15 is 0 Å². The molecule has 0 bridgehead atoms. The number of nitrogens with zero attached hydrogens (tertiary/aromatic N) is 3. The van der Waals surface area contributed by atoms with Gasteiger partial charge in [-0.05, 0) is 18.2 Å². The van der Waals surface area contributed by atoms with Crippen molar-refractivity contribution in [2.45, 2.75) is 25.9 Å². The van der Waals surface area contributed by atoms with Crippen LogP contribution in [0.5, 0.6) is 0 Å². The fourth-order valence-electron chi connectivity index (χ4n) is 1.90. The molecule has 2 heterocycles. The highest BCUT2D eigenvalue weighted by molar-refractivity contribution is 8.02. The first-order chi connectivity index (χ1) is 9.86. The Morgan fingerprint density at radius 1 is 1.19 bits per heavy atom. The Bertz CT molecular complexity index is 731. The van der Waals surface area contributed by atoms with Gasteiger partial charge in [0, 0.05) is 27.1 Å². The van der Waals surface area contributed by atoms with Crippen molar-refractivity contribution in [2.24, 2.45) is 5.41 Å². The second kappa shape index (κ2) is 5.23. The van der Waals surface area contributed by atoms with Crippen LogP contribution < -0.4 is 5.43 Å². The van der Waals surface area contributed by atoms with E-state index in [1.165, 1.54) is 0 Å². The molecule has 1 aromatic heterocycles. The van der Waals surface area contributed by atoms with Crippen LogP contribution in [0.2, 0.25) is 10.0 Å². The van der Waals surface area contributed by atoms with E-state index in [0.717, 1.165) is 16.4 Å². The van der Waals surface area contributed by atoms with Crippen molar-refractivity contribution in [1.29, 1.82) is 0 Å². The van der Waals surface area contributed by atoms with Gasteiger partial charge in [0.05, 0.1) is 5.02 Å². The van der Waals surface area contributed by atoms with E-state index in [0.29, 0.717) is 15.9 Å². The Balaban J connectivity index is 2.04. The molecule has 7 heteroatoms. The molecule has 21 heavy (non-hydrogen) atoms. The van der Waals surface area contributed by atoms with Crippen molar-refractivity contribution in [3.8, 4) is 11.4 Å². The quantitative estimate of drug-likeness (QED) is 0.810. The van der Waals surface area contributed by atoms with Crippen molar-refractivity contribution < 1.29 is 0 Å². The maximum Gasteiger partial charge on any atom is 0.214 e. The molecule has 0 atom stereocenters. The van der Waals surface area contributed by atoms with Crippen LogP contribution in [0.3, 0.4) is 0 Å². The Labute approximate surface area is 137 Å². The van der Waals surface area contributed by atoms with E-state index < -0.39 is 0 Å². The second-order valence-electron chi connectivity index (χ2n) is 5.78. The zero-order valence-corrected chi connectivity index (χ0v) is 14.1. The molecule has 0 saturated heterocycles. The van der Waals surface area contributed by atoms with Crippen LogP contribution >= 0.6 is 35.0 Å². The molecule has 4 nitrogen and oxygen atoms in total. The summed E-state index contributed by atoms with van der Waals surface area (Å²) in [6.07, 6.45) is 0. The van der Waals surface area contributed by atoms with Gasteiger partial charge in [0.1, 0.15) is 0 Å². The largest absolute Gasteiger partial charge is 0.293 e. The highest BCUT2D eigenvalue weighted by Crippen LogP contribution is 2.36. The zero-order chi connectivity index (χ0) is 15.2. The Morgan fingerprint density at radius 2 is 1.95 bits per heavy atom. The third kappa shape index (κ3) is 2.78. The van der Waals surface area contributed by atoms with Crippen LogP contribution in [0.15, 0.2) is 34.5 Å². The first-order valence-corrected chi connectivity index (χ1v) is 8.05. The molecule has 3 rings (SSSR count). The van der Waals surface area contributed by atoms with E-state index in [9.17, 15) is 0 Å². The fraction of sp³-hybridized carbons (Fsp3) is 0.286. The SMILES string of the molecule is CC(C)(C)C1=CSc2nnc(-c3ccc(Cl)cc3Cl)n2N1.